The van der Waals surface area contributed by atoms with Crippen LogP contribution in [0.5, 0.6) is 0 Å². The van der Waals surface area contributed by atoms with E-state index in [2.05, 4.69) is 62.5 Å². The number of hydrogen-bond donors (Lipinski definition) is 3. The van der Waals surface area contributed by atoms with Gasteiger partial charge < -0.3 is 15.6 Å². The van der Waals surface area contributed by atoms with Crippen molar-refractivity contribution >= 4 is 50.2 Å². The number of fused-ring (bicyclic) bond motifs is 2. The molecule has 27 heavy (non-hydrogen) atoms. The first kappa shape index (κ1) is 16.9. The number of pyridine rings is 1. The highest BCUT2D eigenvalue weighted by atomic mass is 127. The molecular weight excluding hydrogens is 449 g/mol. The van der Waals surface area contributed by atoms with Crippen LogP contribution in [0.3, 0.4) is 0 Å². The molecule has 0 saturated carbocycles. The first-order chi connectivity index (χ1) is 13.3. The van der Waals surface area contributed by atoms with E-state index in [1.807, 2.05) is 24.4 Å². The topological polar surface area (TPSA) is 65.6 Å². The molecule has 2 aromatic heterocycles. The van der Waals surface area contributed by atoms with Crippen LogP contribution in [0.1, 0.15) is 12.8 Å². The second-order valence-corrected chi connectivity index (χ2v) is 8.24. The van der Waals surface area contributed by atoms with Gasteiger partial charge in [0.2, 0.25) is 0 Å². The lowest BCUT2D eigenvalue weighted by atomic mass is 10.0. The number of nitrogens with one attached hydrogen (secondary N) is 3. The molecule has 1 aliphatic rings. The standard InChI is InChI=1S/C21H20IN5/c22-13-7-8-17-15(10-13)20(25-14-4-3-9-23-11-14)16(12-24-17)21-26-18-5-1-2-6-19(18)27-21/h1-2,5-8,10,12,14,23H,3-4,9,11H2,(H,24,25)(H,26,27). The summed E-state index contributed by atoms with van der Waals surface area (Å²) in [5.41, 5.74) is 5.15. The molecule has 3 N–H and O–H groups in total. The third-order valence-corrected chi connectivity index (χ3v) is 5.79. The Hall–Kier alpha value is -2.19. The summed E-state index contributed by atoms with van der Waals surface area (Å²) in [7, 11) is 0. The molecule has 0 amide bonds. The van der Waals surface area contributed by atoms with Crippen LogP contribution in [0.2, 0.25) is 0 Å². The highest BCUT2D eigenvalue weighted by Crippen LogP contribution is 2.35. The third kappa shape index (κ3) is 3.27. The summed E-state index contributed by atoms with van der Waals surface area (Å²) >= 11 is 2.36. The Morgan fingerprint density at radius 3 is 2.89 bits per heavy atom. The van der Waals surface area contributed by atoms with Gasteiger partial charge in [-0.3, -0.25) is 4.98 Å². The predicted molar refractivity (Wildman–Crippen MR) is 119 cm³/mol. The monoisotopic (exact) mass is 469 g/mol. The van der Waals surface area contributed by atoms with E-state index in [-0.39, 0.29) is 0 Å². The van der Waals surface area contributed by atoms with Crippen molar-refractivity contribution < 1.29 is 0 Å². The van der Waals surface area contributed by atoms with Gasteiger partial charge in [0, 0.05) is 27.7 Å². The van der Waals surface area contributed by atoms with Gasteiger partial charge in [0.05, 0.1) is 27.8 Å². The minimum atomic E-state index is 0.408. The van der Waals surface area contributed by atoms with Crippen molar-refractivity contribution in [3.05, 3.63) is 52.2 Å². The smallest absolute Gasteiger partial charge is 0.142 e. The second-order valence-electron chi connectivity index (χ2n) is 7.00. The number of imidazole rings is 1. The zero-order valence-electron chi connectivity index (χ0n) is 14.8. The summed E-state index contributed by atoms with van der Waals surface area (Å²) in [6.07, 6.45) is 4.30. The normalized spacial score (nSPS) is 17.4. The van der Waals surface area contributed by atoms with E-state index >= 15 is 0 Å². The molecule has 1 atom stereocenters. The number of anilines is 1. The number of aromatic amines is 1. The first-order valence-corrected chi connectivity index (χ1v) is 10.4. The Morgan fingerprint density at radius 1 is 1.11 bits per heavy atom. The van der Waals surface area contributed by atoms with Gasteiger partial charge in [-0.25, -0.2) is 4.98 Å². The zero-order valence-corrected chi connectivity index (χ0v) is 17.0. The molecule has 0 bridgehead atoms. The molecule has 0 aliphatic carbocycles. The van der Waals surface area contributed by atoms with Gasteiger partial charge in [0.25, 0.3) is 0 Å². The fourth-order valence-corrected chi connectivity index (χ4v) is 4.25. The summed E-state index contributed by atoms with van der Waals surface area (Å²) < 4.78 is 1.20. The number of aromatic nitrogens is 3. The van der Waals surface area contributed by atoms with E-state index in [1.165, 1.54) is 16.4 Å². The number of rotatable bonds is 3. The van der Waals surface area contributed by atoms with Crippen molar-refractivity contribution in [2.75, 3.05) is 18.4 Å². The van der Waals surface area contributed by atoms with Gasteiger partial charge in [-0.1, -0.05) is 12.1 Å². The summed E-state index contributed by atoms with van der Waals surface area (Å²) in [5, 5.41) is 8.43. The van der Waals surface area contributed by atoms with Crippen molar-refractivity contribution in [2.24, 2.45) is 0 Å². The molecule has 6 heteroatoms. The largest absolute Gasteiger partial charge is 0.380 e. The van der Waals surface area contributed by atoms with Crippen LogP contribution in [0.25, 0.3) is 33.3 Å². The number of H-pyrrole nitrogens is 1. The third-order valence-electron chi connectivity index (χ3n) is 5.12. The SMILES string of the molecule is Ic1ccc2ncc(-c3nc4ccccc4[nH]3)c(NC3CCCNC3)c2c1. The molecule has 1 saturated heterocycles. The highest BCUT2D eigenvalue weighted by molar-refractivity contribution is 14.1. The van der Waals surface area contributed by atoms with Crippen molar-refractivity contribution in [1.82, 2.24) is 20.3 Å². The van der Waals surface area contributed by atoms with Gasteiger partial charge in [0.1, 0.15) is 5.82 Å². The average Bonchev–Trinajstić information content (AvgIpc) is 3.13. The molecule has 1 aliphatic heterocycles. The molecule has 2 aromatic carbocycles. The van der Waals surface area contributed by atoms with Crippen LogP contribution in [0.15, 0.2) is 48.7 Å². The number of benzene rings is 2. The van der Waals surface area contributed by atoms with Crippen molar-refractivity contribution in [3.8, 4) is 11.4 Å². The van der Waals surface area contributed by atoms with Crippen molar-refractivity contribution in [3.63, 3.8) is 0 Å². The fourth-order valence-electron chi connectivity index (χ4n) is 3.76. The maximum absolute atomic E-state index is 4.81. The van der Waals surface area contributed by atoms with E-state index in [1.54, 1.807) is 0 Å². The van der Waals surface area contributed by atoms with Crippen molar-refractivity contribution in [2.45, 2.75) is 18.9 Å². The molecule has 0 radical (unpaired) electrons. The number of nitrogens with zero attached hydrogens (tertiary/aromatic N) is 2. The summed E-state index contributed by atoms with van der Waals surface area (Å²) in [6.45, 7) is 2.08. The van der Waals surface area contributed by atoms with E-state index < -0.39 is 0 Å². The van der Waals surface area contributed by atoms with E-state index in [0.717, 1.165) is 52.1 Å². The number of para-hydroxylation sites is 2. The van der Waals surface area contributed by atoms with Crippen LogP contribution >= 0.6 is 22.6 Å². The Morgan fingerprint density at radius 2 is 2.04 bits per heavy atom. The van der Waals surface area contributed by atoms with Gasteiger partial charge in [-0.05, 0) is 72.3 Å². The van der Waals surface area contributed by atoms with Gasteiger partial charge in [-0.15, -0.1) is 0 Å². The molecule has 3 heterocycles. The molecule has 1 unspecified atom stereocenters. The van der Waals surface area contributed by atoms with Crippen LogP contribution in [0, 0.1) is 3.57 Å². The number of piperidine rings is 1. The number of hydrogen-bond acceptors (Lipinski definition) is 4. The van der Waals surface area contributed by atoms with Gasteiger partial charge >= 0.3 is 0 Å². The van der Waals surface area contributed by atoms with E-state index in [4.69, 9.17) is 9.97 Å². The molecular formula is C21H20IN5. The molecule has 4 aromatic rings. The summed E-state index contributed by atoms with van der Waals surface area (Å²) in [4.78, 5) is 13.0. The maximum Gasteiger partial charge on any atom is 0.142 e. The van der Waals surface area contributed by atoms with Crippen LogP contribution in [-0.4, -0.2) is 34.1 Å². The van der Waals surface area contributed by atoms with Crippen LogP contribution in [0.4, 0.5) is 5.69 Å². The molecule has 136 valence electrons. The van der Waals surface area contributed by atoms with Crippen LogP contribution in [-0.2, 0) is 0 Å². The van der Waals surface area contributed by atoms with Gasteiger partial charge in [-0.2, -0.15) is 0 Å². The Balaban J connectivity index is 1.68. The Labute approximate surface area is 171 Å². The van der Waals surface area contributed by atoms with Gasteiger partial charge in [0.15, 0.2) is 0 Å². The van der Waals surface area contributed by atoms with E-state index in [9.17, 15) is 0 Å². The molecule has 5 rings (SSSR count). The predicted octanol–water partition coefficient (Wildman–Crippen LogP) is 4.55. The zero-order chi connectivity index (χ0) is 18.2. The highest BCUT2D eigenvalue weighted by Gasteiger charge is 2.19. The lowest BCUT2D eigenvalue weighted by molar-refractivity contribution is 0.480. The first-order valence-electron chi connectivity index (χ1n) is 9.28. The minimum Gasteiger partial charge on any atom is -0.380 e. The summed E-state index contributed by atoms with van der Waals surface area (Å²) in [5.74, 6) is 0.857. The molecule has 1 fully saturated rings. The molecule has 5 nitrogen and oxygen atoms in total. The Bertz CT molecular complexity index is 1080. The minimum absolute atomic E-state index is 0.408. The maximum atomic E-state index is 4.81. The average molecular weight is 469 g/mol. The Kier molecular flexibility index (Phi) is 4.45. The van der Waals surface area contributed by atoms with Crippen molar-refractivity contribution in [1.29, 1.82) is 0 Å². The quantitative estimate of drug-likeness (QED) is 0.386. The van der Waals surface area contributed by atoms with E-state index in [0.29, 0.717) is 6.04 Å². The lowest BCUT2D eigenvalue weighted by Crippen LogP contribution is -2.38. The fraction of sp³-hybridized carbons (Fsp3) is 0.238. The molecule has 0 spiro atoms. The lowest BCUT2D eigenvalue weighted by Gasteiger charge is -2.26. The summed E-state index contributed by atoms with van der Waals surface area (Å²) in [6, 6.07) is 14.9. The second kappa shape index (κ2) is 7.09. The van der Waals surface area contributed by atoms with Crippen LogP contribution < -0.4 is 10.6 Å². The number of halogens is 1.